The van der Waals surface area contributed by atoms with E-state index in [9.17, 15) is 24.0 Å². The predicted octanol–water partition coefficient (Wildman–Crippen LogP) is 1.30. The van der Waals surface area contributed by atoms with E-state index >= 15 is 0 Å². The van der Waals surface area contributed by atoms with Crippen LogP contribution in [0.15, 0.2) is 52.1 Å². The van der Waals surface area contributed by atoms with Crippen LogP contribution < -0.4 is 16.1 Å². The lowest BCUT2D eigenvalue weighted by Crippen LogP contribution is -2.48. The van der Waals surface area contributed by atoms with Crippen molar-refractivity contribution in [1.82, 2.24) is 23.3 Å². The maximum atomic E-state index is 12.9. The molecule has 0 unspecified atom stereocenters. The summed E-state index contributed by atoms with van der Waals surface area (Å²) in [5.74, 6) is -1.46. The highest BCUT2D eigenvalue weighted by Crippen LogP contribution is 2.29. The zero-order valence-electron chi connectivity index (χ0n) is 23.3. The van der Waals surface area contributed by atoms with Crippen molar-refractivity contribution < 1.29 is 24.6 Å². The zero-order valence-corrected chi connectivity index (χ0v) is 24.2. The highest BCUT2D eigenvalue weighted by molar-refractivity contribution is 7.13. The summed E-state index contributed by atoms with van der Waals surface area (Å²) < 4.78 is 8.89. The number of rotatable bonds is 8. The molecule has 3 aromatic rings. The van der Waals surface area contributed by atoms with Crippen LogP contribution in [0.3, 0.4) is 0 Å². The molecule has 2 aliphatic heterocycles. The lowest BCUT2D eigenvalue weighted by atomic mass is 10.2. The molecule has 224 valence electrons. The van der Waals surface area contributed by atoms with E-state index in [-0.39, 0.29) is 17.2 Å². The van der Waals surface area contributed by atoms with Gasteiger partial charge in [-0.1, -0.05) is 12.1 Å². The lowest BCUT2D eigenvalue weighted by Gasteiger charge is -2.35. The summed E-state index contributed by atoms with van der Waals surface area (Å²) in [7, 11) is 0. The van der Waals surface area contributed by atoms with Gasteiger partial charge >= 0.3 is 17.6 Å². The van der Waals surface area contributed by atoms with Crippen molar-refractivity contribution in [1.29, 1.82) is 0 Å². The number of piperazine rings is 1. The lowest BCUT2D eigenvalue weighted by molar-refractivity contribution is -0.134. The fourth-order valence-corrected chi connectivity index (χ4v) is 5.83. The number of fused-ring (bicyclic) bond motifs is 2. The minimum Gasteiger partial charge on any atom is -0.478 e. The number of unbranched alkanes of at least 4 members (excludes halogenated alkanes) is 1. The third-order valence-corrected chi connectivity index (χ3v) is 8.08. The first-order valence-corrected chi connectivity index (χ1v) is 14.5. The largest absolute Gasteiger partial charge is 0.478 e. The Kier molecular flexibility index (Phi) is 10.3. The van der Waals surface area contributed by atoms with Gasteiger partial charge in [-0.25, -0.2) is 14.4 Å². The number of anilines is 1. The first kappa shape index (κ1) is 30.7. The normalized spacial score (nSPS) is 15.4. The summed E-state index contributed by atoms with van der Waals surface area (Å²) in [5.41, 5.74) is 0.0963. The molecule has 1 saturated heterocycles. The van der Waals surface area contributed by atoms with E-state index in [1.54, 1.807) is 21.0 Å². The van der Waals surface area contributed by atoms with E-state index in [1.165, 1.54) is 27.6 Å². The van der Waals surface area contributed by atoms with Gasteiger partial charge in [0.15, 0.2) is 0 Å². The number of hydrogen-bond donors (Lipinski definition) is 2. The van der Waals surface area contributed by atoms with Gasteiger partial charge in [-0.15, -0.1) is 0 Å². The molecule has 1 fully saturated rings. The second-order valence-electron chi connectivity index (χ2n) is 10.0. The van der Waals surface area contributed by atoms with Crippen LogP contribution in [-0.2, 0) is 34.0 Å². The number of carbonyl (C=O) groups excluding carboxylic acids is 1. The van der Waals surface area contributed by atoms with Gasteiger partial charge in [0, 0.05) is 82.0 Å². The van der Waals surface area contributed by atoms with Crippen LogP contribution in [0.1, 0.15) is 25.5 Å². The third kappa shape index (κ3) is 7.70. The van der Waals surface area contributed by atoms with Crippen molar-refractivity contribution in [3.8, 4) is 0 Å². The summed E-state index contributed by atoms with van der Waals surface area (Å²) in [6.45, 7) is 8.04. The summed E-state index contributed by atoms with van der Waals surface area (Å²) >= 11 is 1.56. The summed E-state index contributed by atoms with van der Waals surface area (Å²) in [5, 5.41) is 16.9. The Morgan fingerprint density at radius 2 is 1.60 bits per heavy atom. The molecular weight excluding hydrogens is 564 g/mol. The Bertz CT molecular complexity index is 1570. The maximum Gasteiger partial charge on any atom is 0.331 e. The van der Waals surface area contributed by atoms with Crippen LogP contribution in [0.2, 0.25) is 0 Å². The number of nitrogens with zero attached hydrogens (tertiary/aromatic N) is 6. The number of carboxylic acids is 2. The number of hydrogen-bond acceptors (Lipinski definition) is 9. The van der Waals surface area contributed by atoms with Crippen LogP contribution in [-0.4, -0.2) is 90.6 Å². The molecule has 4 heterocycles. The van der Waals surface area contributed by atoms with Crippen LogP contribution in [0.5, 0.6) is 0 Å². The van der Waals surface area contributed by atoms with Crippen molar-refractivity contribution in [3.05, 3.63) is 69.0 Å². The smallest absolute Gasteiger partial charge is 0.331 e. The predicted molar refractivity (Wildman–Crippen MR) is 158 cm³/mol. The number of carboxylic acid groups (broad SMARTS) is 2. The molecule has 13 nitrogen and oxygen atoms in total. The van der Waals surface area contributed by atoms with E-state index in [4.69, 9.17) is 10.2 Å². The van der Waals surface area contributed by atoms with Crippen LogP contribution in [0.25, 0.3) is 10.1 Å². The minimum absolute atomic E-state index is 0.0383. The molecule has 1 amide bonds. The Hall–Kier alpha value is -4.30. The van der Waals surface area contributed by atoms with Gasteiger partial charge in [-0.05, 0) is 43.1 Å². The van der Waals surface area contributed by atoms with Crippen molar-refractivity contribution in [2.45, 2.75) is 39.4 Å². The van der Waals surface area contributed by atoms with E-state index in [2.05, 4.69) is 38.4 Å². The Morgan fingerprint density at radius 3 is 2.26 bits per heavy atom. The topological polar surface area (TPSA) is 158 Å². The third-order valence-electron chi connectivity index (χ3n) is 7.26. The van der Waals surface area contributed by atoms with Crippen molar-refractivity contribution in [3.63, 3.8) is 0 Å². The molecule has 5 rings (SSSR count). The Labute approximate surface area is 245 Å². The molecule has 0 radical (unpaired) electrons. The quantitative estimate of drug-likeness (QED) is 0.286. The molecule has 0 saturated carbocycles. The number of aromatic nitrogens is 3. The molecule has 2 aliphatic rings. The van der Waals surface area contributed by atoms with Gasteiger partial charge in [-0.3, -0.25) is 23.6 Å². The molecule has 0 aliphatic carbocycles. The van der Waals surface area contributed by atoms with Crippen LogP contribution in [0, 0.1) is 0 Å². The van der Waals surface area contributed by atoms with Crippen molar-refractivity contribution in [2.24, 2.45) is 0 Å². The summed E-state index contributed by atoms with van der Waals surface area (Å²) in [6.07, 6.45) is 2.83. The zero-order chi connectivity index (χ0) is 30.2. The van der Waals surface area contributed by atoms with E-state index in [1.807, 2.05) is 0 Å². The molecule has 2 N–H and O–H groups in total. The van der Waals surface area contributed by atoms with Crippen molar-refractivity contribution in [2.75, 3.05) is 44.2 Å². The molecule has 42 heavy (non-hydrogen) atoms. The Morgan fingerprint density at radius 1 is 0.929 bits per heavy atom. The number of aliphatic carboxylic acids is 2. The van der Waals surface area contributed by atoms with Gasteiger partial charge < -0.3 is 20.0 Å². The van der Waals surface area contributed by atoms with Gasteiger partial charge in [0.25, 0.3) is 5.56 Å². The van der Waals surface area contributed by atoms with E-state index < -0.39 is 11.9 Å². The molecule has 0 bridgehead atoms. The minimum atomic E-state index is -1.26. The number of amides is 1. The summed E-state index contributed by atoms with van der Waals surface area (Å²) in [4.78, 5) is 62.6. The summed E-state index contributed by atoms with van der Waals surface area (Å²) in [6, 6.07) is 9.89. The van der Waals surface area contributed by atoms with Crippen molar-refractivity contribution >= 4 is 45.3 Å². The molecule has 1 aromatic carbocycles. The van der Waals surface area contributed by atoms with Gasteiger partial charge in [0.05, 0.1) is 11.2 Å². The van der Waals surface area contributed by atoms with E-state index in [0.717, 1.165) is 51.4 Å². The fourth-order valence-electron chi connectivity index (χ4n) is 5.03. The molecule has 0 atom stereocenters. The van der Waals surface area contributed by atoms with E-state index in [0.29, 0.717) is 44.0 Å². The number of carbonyl (C=O) groups is 3. The van der Waals surface area contributed by atoms with Gasteiger partial charge in [0.1, 0.15) is 5.82 Å². The molecular formula is C28H34N6O7S. The first-order valence-electron chi connectivity index (χ1n) is 13.7. The fraction of sp³-hybridized carbons (Fsp3) is 0.429. The van der Waals surface area contributed by atoms with Crippen LogP contribution >= 0.6 is 11.5 Å². The second-order valence-corrected chi connectivity index (χ2v) is 10.9. The monoisotopic (exact) mass is 598 g/mol. The Balaban J connectivity index is 0.000000446. The maximum absolute atomic E-state index is 12.9. The van der Waals surface area contributed by atoms with Gasteiger partial charge in [0.2, 0.25) is 5.91 Å². The standard InChI is InChI=1S/C24H30N6O3S.C4H4O4/c1-18(31)28-14-15-29-19(17-28)16-22(32)30(24(29)33)9-5-4-8-26-10-12-27(13-11-26)23-20-6-2-3-7-21(20)34-25-23;5-3(6)1-2-4(7)8/h2-3,6-7,16H,4-5,8-15,17H2,1H3;1-2H,(H,5,6)(H,7,8)/b;2-1+. The molecule has 0 spiro atoms. The molecule has 14 heteroatoms. The molecule has 2 aromatic heterocycles. The SMILES string of the molecule is CC(=O)N1CCn2c(cc(=O)n(CCCCN3CCN(c4nsc5ccccc45)CC3)c2=O)C1.O=C(O)/C=C/C(=O)O. The van der Waals surface area contributed by atoms with Crippen LogP contribution in [0.4, 0.5) is 5.82 Å². The number of benzene rings is 1. The first-order chi connectivity index (χ1) is 20.1. The highest BCUT2D eigenvalue weighted by atomic mass is 32.1. The van der Waals surface area contributed by atoms with Gasteiger partial charge in [-0.2, -0.15) is 4.37 Å². The average molecular weight is 599 g/mol. The second kappa shape index (κ2) is 14.0. The highest BCUT2D eigenvalue weighted by Gasteiger charge is 2.22. The average Bonchev–Trinajstić information content (AvgIpc) is 3.40.